The van der Waals surface area contributed by atoms with E-state index in [1.54, 1.807) is 12.1 Å². The Morgan fingerprint density at radius 3 is 2.68 bits per heavy atom. The molecular weight excluding hydrogens is 236 g/mol. The molecule has 0 atom stereocenters. The van der Waals surface area contributed by atoms with Gasteiger partial charge in [-0.25, -0.2) is 0 Å². The number of hydrogen-bond donors (Lipinski definition) is 1. The van der Waals surface area contributed by atoms with Gasteiger partial charge >= 0.3 is 0 Å². The second kappa shape index (κ2) is 5.25. The molecule has 1 aromatic rings. The van der Waals surface area contributed by atoms with E-state index in [2.05, 4.69) is 11.2 Å². The van der Waals surface area contributed by atoms with Crippen LogP contribution < -0.4 is 5.32 Å². The highest BCUT2D eigenvalue weighted by molar-refractivity contribution is 5.96. The van der Waals surface area contributed by atoms with Crippen LogP contribution in [0.5, 0.6) is 0 Å². The summed E-state index contributed by atoms with van der Waals surface area (Å²) in [7, 11) is 0. The van der Waals surface area contributed by atoms with Crippen LogP contribution in [0.15, 0.2) is 41.6 Å². The number of carbonyl (C=O) groups excluding carboxylic acids is 1. The Hall–Kier alpha value is -2.78. The number of carbonyl (C=O) groups is 1. The van der Waals surface area contributed by atoms with Gasteiger partial charge in [-0.05, 0) is 37.6 Å². The summed E-state index contributed by atoms with van der Waals surface area (Å²) in [5.41, 5.74) is 3.28. The fourth-order valence-corrected chi connectivity index (χ4v) is 1.85. The number of amides is 1. The first-order valence-electron chi connectivity index (χ1n) is 5.83. The fraction of sp³-hybridized carbons (Fsp3) is 0.125. The van der Waals surface area contributed by atoms with Gasteiger partial charge in [0.05, 0.1) is 11.6 Å². The predicted molar refractivity (Wildman–Crippen MR) is 73.0 cm³/mol. The molecule has 0 saturated heterocycles. The first-order chi connectivity index (χ1) is 9.12. The number of nitriles is 1. The normalized spacial score (nSPS) is 13.0. The summed E-state index contributed by atoms with van der Waals surface area (Å²) in [6.07, 6.45) is 10.0. The minimum Gasteiger partial charge on any atom is -0.322 e. The highest BCUT2D eigenvalue weighted by Crippen LogP contribution is 2.15. The van der Waals surface area contributed by atoms with Gasteiger partial charge in [0.15, 0.2) is 0 Å². The Balaban J connectivity index is 2.25. The summed E-state index contributed by atoms with van der Waals surface area (Å²) in [5, 5.41) is 11.7. The zero-order valence-corrected chi connectivity index (χ0v) is 10.5. The van der Waals surface area contributed by atoms with Crippen molar-refractivity contribution in [2.75, 3.05) is 0 Å². The van der Waals surface area contributed by atoms with E-state index in [1.807, 2.05) is 25.1 Å². The molecule has 19 heavy (non-hydrogen) atoms. The molecular formula is C16H12N2O. The molecule has 0 unspecified atom stereocenters. The number of hydrogen-bond acceptors (Lipinski definition) is 2. The van der Waals surface area contributed by atoms with Gasteiger partial charge in [0.25, 0.3) is 5.91 Å². The summed E-state index contributed by atoms with van der Waals surface area (Å²) in [4.78, 5) is 12.1. The van der Waals surface area contributed by atoms with Crippen molar-refractivity contribution in [2.45, 2.75) is 13.3 Å². The maximum Gasteiger partial charge on any atom is 0.255 e. The molecule has 3 nitrogen and oxygen atoms in total. The number of benzene rings is 1. The molecule has 0 radical (unpaired) electrons. The average Bonchev–Trinajstić information content (AvgIpc) is 2.83. The lowest BCUT2D eigenvalue weighted by Gasteiger charge is -2.05. The van der Waals surface area contributed by atoms with Gasteiger partial charge in [0, 0.05) is 16.8 Å². The molecule has 3 heteroatoms. The van der Waals surface area contributed by atoms with E-state index in [0.29, 0.717) is 16.7 Å². The Kier molecular flexibility index (Phi) is 3.50. The van der Waals surface area contributed by atoms with E-state index in [-0.39, 0.29) is 5.91 Å². The van der Waals surface area contributed by atoms with Gasteiger partial charge < -0.3 is 5.32 Å². The number of terminal acetylenes is 1. The van der Waals surface area contributed by atoms with Gasteiger partial charge in [-0.2, -0.15) is 5.26 Å². The second-order valence-corrected chi connectivity index (χ2v) is 4.36. The third-order valence-corrected chi connectivity index (χ3v) is 2.79. The molecule has 1 aliphatic rings. The minimum atomic E-state index is -0.259. The van der Waals surface area contributed by atoms with Crippen LogP contribution in [-0.4, -0.2) is 5.91 Å². The molecule has 0 heterocycles. The van der Waals surface area contributed by atoms with Gasteiger partial charge in [-0.3, -0.25) is 4.79 Å². The van der Waals surface area contributed by atoms with Gasteiger partial charge in [-0.15, -0.1) is 6.42 Å². The number of nitrogens with zero attached hydrogens (tertiary/aromatic N) is 1. The van der Waals surface area contributed by atoms with E-state index < -0.39 is 0 Å². The topological polar surface area (TPSA) is 52.9 Å². The summed E-state index contributed by atoms with van der Waals surface area (Å²) >= 11 is 0. The van der Waals surface area contributed by atoms with E-state index in [9.17, 15) is 4.79 Å². The maximum atomic E-state index is 12.1. The van der Waals surface area contributed by atoms with E-state index in [4.69, 9.17) is 11.7 Å². The van der Waals surface area contributed by atoms with Gasteiger partial charge in [0.2, 0.25) is 0 Å². The fourth-order valence-electron chi connectivity index (χ4n) is 1.85. The van der Waals surface area contributed by atoms with Crippen molar-refractivity contribution in [3.05, 3.63) is 58.3 Å². The van der Waals surface area contributed by atoms with Crippen molar-refractivity contribution in [1.82, 2.24) is 5.32 Å². The quantitative estimate of drug-likeness (QED) is 0.817. The minimum absolute atomic E-state index is 0.259. The summed E-state index contributed by atoms with van der Waals surface area (Å²) in [6, 6.07) is 6.70. The zero-order valence-electron chi connectivity index (χ0n) is 10.5. The summed E-state index contributed by atoms with van der Waals surface area (Å²) < 4.78 is 0. The van der Waals surface area contributed by atoms with Crippen molar-refractivity contribution in [3.63, 3.8) is 0 Å². The van der Waals surface area contributed by atoms with Crippen LogP contribution in [0.4, 0.5) is 0 Å². The van der Waals surface area contributed by atoms with Crippen LogP contribution >= 0.6 is 0 Å². The Bertz CT molecular complexity index is 649. The molecule has 1 aromatic carbocycles. The lowest BCUT2D eigenvalue weighted by Crippen LogP contribution is -2.21. The molecule has 0 bridgehead atoms. The van der Waals surface area contributed by atoms with Crippen LogP contribution in [0.3, 0.4) is 0 Å². The second-order valence-electron chi connectivity index (χ2n) is 4.36. The standard InChI is InChI=1S/C16H12N2O/c1-3-12-7-13(10-17)9-14(8-12)16(19)18-15-5-4-11(2)6-15/h1,5-9H,4H2,2H3,(H,18,19). The van der Waals surface area contributed by atoms with Crippen molar-refractivity contribution >= 4 is 5.91 Å². The highest BCUT2D eigenvalue weighted by atomic mass is 16.1. The molecule has 0 saturated carbocycles. The van der Waals surface area contributed by atoms with Crippen molar-refractivity contribution < 1.29 is 4.79 Å². The predicted octanol–water partition coefficient (Wildman–Crippen LogP) is 2.50. The smallest absolute Gasteiger partial charge is 0.255 e. The van der Waals surface area contributed by atoms with Crippen LogP contribution in [0, 0.1) is 23.7 Å². The van der Waals surface area contributed by atoms with Crippen LogP contribution in [-0.2, 0) is 0 Å². The summed E-state index contributed by atoms with van der Waals surface area (Å²) in [6.45, 7) is 2.00. The first-order valence-corrected chi connectivity index (χ1v) is 5.83. The van der Waals surface area contributed by atoms with Gasteiger partial charge in [0.1, 0.15) is 0 Å². The SMILES string of the molecule is C#Cc1cc(C#N)cc(C(=O)NC2=CCC(C)=C2)c1. The van der Waals surface area contributed by atoms with E-state index in [1.165, 1.54) is 11.6 Å². The maximum absolute atomic E-state index is 12.1. The molecule has 1 aliphatic carbocycles. The Labute approximate surface area is 112 Å². The largest absolute Gasteiger partial charge is 0.322 e. The molecule has 0 spiro atoms. The van der Waals surface area contributed by atoms with Crippen molar-refractivity contribution in [1.29, 1.82) is 5.26 Å². The van der Waals surface area contributed by atoms with Crippen LogP contribution in [0.25, 0.3) is 0 Å². The molecule has 1 N–H and O–H groups in total. The molecule has 92 valence electrons. The number of rotatable bonds is 2. The third-order valence-electron chi connectivity index (χ3n) is 2.79. The van der Waals surface area contributed by atoms with Crippen LogP contribution in [0.1, 0.15) is 34.8 Å². The van der Waals surface area contributed by atoms with Crippen molar-refractivity contribution in [3.8, 4) is 18.4 Å². The van der Waals surface area contributed by atoms with Gasteiger partial charge in [-0.1, -0.05) is 17.6 Å². The lowest BCUT2D eigenvalue weighted by molar-refractivity contribution is 0.0967. The molecule has 2 rings (SSSR count). The Morgan fingerprint density at radius 1 is 1.37 bits per heavy atom. The van der Waals surface area contributed by atoms with E-state index in [0.717, 1.165) is 12.1 Å². The zero-order chi connectivity index (χ0) is 13.8. The summed E-state index contributed by atoms with van der Waals surface area (Å²) in [5.74, 6) is 2.18. The molecule has 0 aliphatic heterocycles. The molecule has 0 fully saturated rings. The Morgan fingerprint density at radius 2 is 2.11 bits per heavy atom. The van der Waals surface area contributed by atoms with Crippen molar-refractivity contribution in [2.24, 2.45) is 0 Å². The first kappa shape index (κ1) is 12.7. The molecule has 1 amide bonds. The average molecular weight is 248 g/mol. The molecule has 0 aromatic heterocycles. The monoisotopic (exact) mass is 248 g/mol. The van der Waals surface area contributed by atoms with Crippen LogP contribution in [0.2, 0.25) is 0 Å². The highest BCUT2D eigenvalue weighted by Gasteiger charge is 2.11. The lowest BCUT2D eigenvalue weighted by atomic mass is 10.1. The van der Waals surface area contributed by atoms with E-state index >= 15 is 0 Å². The number of nitrogens with one attached hydrogen (secondary N) is 1. The number of allylic oxidation sites excluding steroid dienone is 3. The third kappa shape index (κ3) is 2.91.